The predicted molar refractivity (Wildman–Crippen MR) is 148 cm³/mol. The van der Waals surface area contributed by atoms with E-state index in [1.165, 1.54) is 35.0 Å². The van der Waals surface area contributed by atoms with Crippen LogP contribution in [0.15, 0.2) is 65.3 Å². The number of nitrogens with one attached hydrogen (secondary N) is 1. The molecule has 0 saturated carbocycles. The summed E-state index contributed by atoms with van der Waals surface area (Å²) in [6.07, 6.45) is 0.698. The second-order valence-corrected chi connectivity index (χ2v) is 10.5. The summed E-state index contributed by atoms with van der Waals surface area (Å²) in [5.41, 5.74) is 3.04. The molecule has 1 N–H and O–H groups in total. The van der Waals surface area contributed by atoms with Crippen molar-refractivity contribution < 1.29 is 27.1 Å². The van der Waals surface area contributed by atoms with Gasteiger partial charge in [0.1, 0.15) is 16.7 Å². The molecule has 0 aliphatic carbocycles. The van der Waals surface area contributed by atoms with Gasteiger partial charge in [-0.3, -0.25) is 9.47 Å². The fourth-order valence-corrected chi connectivity index (χ4v) is 5.28. The van der Waals surface area contributed by atoms with Gasteiger partial charge < -0.3 is 10.1 Å². The molecule has 208 valence electrons. The number of halogens is 6. The van der Waals surface area contributed by atoms with Crippen LogP contribution in [0.4, 0.5) is 22.4 Å². The highest BCUT2D eigenvalue weighted by molar-refractivity contribution is 9.10. The number of amides is 1. The SMILES string of the molecule is O=C(NCc1ccnc(Cl)c1)n1c2c(c3ccc(OC(F)(F)F)cc31)CN(C/C=C/c1ccc(Br)cc1F)CC2. The number of pyridine rings is 1. The van der Waals surface area contributed by atoms with Crippen LogP contribution in [0.2, 0.25) is 5.15 Å². The van der Waals surface area contributed by atoms with Gasteiger partial charge in [-0.05, 0) is 47.5 Å². The van der Waals surface area contributed by atoms with Gasteiger partial charge >= 0.3 is 12.4 Å². The Morgan fingerprint density at radius 2 is 2.00 bits per heavy atom. The molecule has 0 unspecified atom stereocenters. The van der Waals surface area contributed by atoms with Crippen LogP contribution in [-0.4, -0.2) is 39.9 Å². The number of alkyl halides is 3. The average Bonchev–Trinajstić information content (AvgIpc) is 3.20. The number of carbonyl (C=O) groups excluding carboxylic acids is 1. The number of benzene rings is 2. The Kier molecular flexibility index (Phi) is 8.16. The van der Waals surface area contributed by atoms with E-state index in [4.69, 9.17) is 11.6 Å². The third-order valence-corrected chi connectivity index (χ3v) is 7.19. The molecule has 4 aromatic rings. The number of carbonyl (C=O) groups is 1. The smallest absolute Gasteiger partial charge is 0.406 e. The number of rotatable bonds is 6. The molecule has 0 radical (unpaired) electrons. The number of aromatic nitrogens is 2. The zero-order valence-corrected chi connectivity index (χ0v) is 23.2. The summed E-state index contributed by atoms with van der Waals surface area (Å²) in [7, 11) is 0. The number of nitrogens with zero attached hydrogens (tertiary/aromatic N) is 3. The lowest BCUT2D eigenvalue weighted by Gasteiger charge is -2.27. The number of hydrogen-bond acceptors (Lipinski definition) is 4. The van der Waals surface area contributed by atoms with Crippen molar-refractivity contribution in [3.05, 3.63) is 98.6 Å². The van der Waals surface area contributed by atoms with Crippen molar-refractivity contribution in [3.8, 4) is 5.75 Å². The van der Waals surface area contributed by atoms with E-state index in [9.17, 15) is 22.4 Å². The third-order valence-electron chi connectivity index (χ3n) is 6.49. The average molecular weight is 638 g/mol. The van der Waals surface area contributed by atoms with Gasteiger partial charge in [0.05, 0.1) is 5.52 Å². The molecule has 0 saturated heterocycles. The zero-order chi connectivity index (χ0) is 28.4. The highest BCUT2D eigenvalue weighted by Crippen LogP contribution is 2.34. The lowest BCUT2D eigenvalue weighted by molar-refractivity contribution is -0.274. The van der Waals surface area contributed by atoms with Gasteiger partial charge in [0.15, 0.2) is 0 Å². The van der Waals surface area contributed by atoms with Crippen molar-refractivity contribution >= 4 is 50.5 Å². The van der Waals surface area contributed by atoms with Crippen molar-refractivity contribution in [1.29, 1.82) is 0 Å². The van der Waals surface area contributed by atoms with E-state index in [1.807, 2.05) is 6.08 Å². The summed E-state index contributed by atoms with van der Waals surface area (Å²) in [5.74, 6) is -0.757. The summed E-state index contributed by atoms with van der Waals surface area (Å²) >= 11 is 9.18. The lowest BCUT2D eigenvalue weighted by Crippen LogP contribution is -2.34. The summed E-state index contributed by atoms with van der Waals surface area (Å²) in [6.45, 7) is 1.72. The van der Waals surface area contributed by atoms with Crippen LogP contribution < -0.4 is 10.1 Å². The molecule has 3 heterocycles. The summed E-state index contributed by atoms with van der Waals surface area (Å²) in [6, 6.07) is 11.7. The van der Waals surface area contributed by atoms with Crippen molar-refractivity contribution in [2.24, 2.45) is 0 Å². The zero-order valence-electron chi connectivity index (χ0n) is 20.8. The Hall–Kier alpha value is -3.41. The monoisotopic (exact) mass is 636 g/mol. The molecule has 12 heteroatoms. The molecule has 0 bridgehead atoms. The maximum atomic E-state index is 14.2. The highest BCUT2D eigenvalue weighted by atomic mass is 79.9. The first-order valence-corrected chi connectivity index (χ1v) is 13.4. The molecule has 1 aliphatic rings. The molecule has 0 fully saturated rings. The third kappa shape index (κ3) is 6.48. The lowest BCUT2D eigenvalue weighted by atomic mass is 10.0. The Balaban J connectivity index is 1.42. The molecule has 40 heavy (non-hydrogen) atoms. The molecule has 0 spiro atoms. The second kappa shape index (κ2) is 11.6. The molecule has 1 amide bonds. The Bertz CT molecular complexity index is 1610. The minimum atomic E-state index is -4.87. The van der Waals surface area contributed by atoms with E-state index in [1.54, 1.807) is 30.3 Å². The van der Waals surface area contributed by atoms with E-state index in [2.05, 4.69) is 35.9 Å². The first kappa shape index (κ1) is 28.1. The van der Waals surface area contributed by atoms with Crippen LogP contribution >= 0.6 is 27.5 Å². The van der Waals surface area contributed by atoms with Crippen LogP contribution in [-0.2, 0) is 19.5 Å². The first-order valence-electron chi connectivity index (χ1n) is 12.2. The fraction of sp³-hybridized carbons (Fsp3) is 0.214. The Morgan fingerprint density at radius 1 is 1.18 bits per heavy atom. The van der Waals surface area contributed by atoms with Gasteiger partial charge in [-0.25, -0.2) is 14.2 Å². The topological polar surface area (TPSA) is 59.4 Å². The minimum absolute atomic E-state index is 0.151. The first-order chi connectivity index (χ1) is 19.1. The van der Waals surface area contributed by atoms with Crippen molar-refractivity contribution in [1.82, 2.24) is 19.8 Å². The maximum Gasteiger partial charge on any atom is 0.573 e. The summed E-state index contributed by atoms with van der Waals surface area (Å²) in [4.78, 5) is 19.4. The van der Waals surface area contributed by atoms with Crippen LogP contribution in [0.25, 0.3) is 17.0 Å². The molecular formula is C28H22BrClF4N4O2. The second-order valence-electron chi connectivity index (χ2n) is 9.19. The van der Waals surface area contributed by atoms with Crippen LogP contribution in [0.3, 0.4) is 0 Å². The minimum Gasteiger partial charge on any atom is -0.406 e. The van der Waals surface area contributed by atoms with Gasteiger partial charge in [-0.2, -0.15) is 0 Å². The van der Waals surface area contributed by atoms with Gasteiger partial charge in [-0.1, -0.05) is 45.7 Å². The molecule has 6 nitrogen and oxygen atoms in total. The van der Waals surface area contributed by atoms with Crippen molar-refractivity contribution in [2.75, 3.05) is 13.1 Å². The highest BCUT2D eigenvalue weighted by Gasteiger charge is 2.32. The summed E-state index contributed by atoms with van der Waals surface area (Å²) < 4.78 is 59.2. The van der Waals surface area contributed by atoms with E-state index in [0.29, 0.717) is 52.7 Å². The maximum absolute atomic E-state index is 14.2. The van der Waals surface area contributed by atoms with Gasteiger partial charge in [0.25, 0.3) is 0 Å². The molecular weight excluding hydrogens is 616 g/mol. The van der Waals surface area contributed by atoms with Crippen LogP contribution in [0.1, 0.15) is 22.4 Å². The standard InChI is InChI=1S/C28H22BrClF4N4O2/c29-19-4-3-18(23(31)13-19)2-1-10-37-11-8-24-22(16-37)21-6-5-20(40-28(32,33)34)14-25(21)38(24)27(39)36-15-17-7-9-35-26(30)12-17/h1-7,9,12-14H,8,10-11,15-16H2,(H,36,39)/b2-1+. The molecule has 2 aromatic carbocycles. The summed E-state index contributed by atoms with van der Waals surface area (Å²) in [5, 5.41) is 3.75. The number of ether oxygens (including phenoxy) is 1. The molecule has 1 aliphatic heterocycles. The van der Waals surface area contributed by atoms with Crippen molar-refractivity contribution in [2.45, 2.75) is 25.9 Å². The number of hydrogen-bond donors (Lipinski definition) is 1. The van der Waals surface area contributed by atoms with Crippen LogP contribution in [0.5, 0.6) is 5.75 Å². The quantitative estimate of drug-likeness (QED) is 0.178. The van der Waals surface area contributed by atoms with E-state index in [-0.39, 0.29) is 17.5 Å². The normalized spacial score (nSPS) is 14.1. The molecule has 5 rings (SSSR count). The van der Waals surface area contributed by atoms with E-state index >= 15 is 0 Å². The molecule has 0 atom stereocenters. The van der Waals surface area contributed by atoms with Crippen molar-refractivity contribution in [3.63, 3.8) is 0 Å². The Labute approximate surface area is 240 Å². The number of fused-ring (bicyclic) bond motifs is 3. The largest absolute Gasteiger partial charge is 0.573 e. The Morgan fingerprint density at radius 3 is 2.75 bits per heavy atom. The van der Waals surface area contributed by atoms with E-state index in [0.717, 1.165) is 11.1 Å². The van der Waals surface area contributed by atoms with E-state index < -0.39 is 18.1 Å². The van der Waals surface area contributed by atoms with Gasteiger partial charge in [-0.15, -0.1) is 13.2 Å². The predicted octanol–water partition coefficient (Wildman–Crippen LogP) is 7.32. The van der Waals surface area contributed by atoms with Gasteiger partial charge in [0, 0.05) is 66.0 Å². The van der Waals surface area contributed by atoms with Crippen LogP contribution in [0, 0.1) is 5.82 Å². The van der Waals surface area contributed by atoms with Gasteiger partial charge in [0.2, 0.25) is 0 Å². The molecule has 2 aromatic heterocycles. The fourth-order valence-electron chi connectivity index (χ4n) is 4.75.